The number of sulfonamides is 1. The first kappa shape index (κ1) is 16.7. The molecule has 0 amide bonds. The van der Waals surface area contributed by atoms with Gasteiger partial charge < -0.3 is 16.2 Å². The lowest BCUT2D eigenvalue weighted by Crippen LogP contribution is -2.23. The topological polar surface area (TPSA) is 95.7 Å². The Labute approximate surface area is 120 Å². The van der Waals surface area contributed by atoms with Crippen molar-refractivity contribution in [2.45, 2.75) is 18.2 Å². The van der Waals surface area contributed by atoms with Gasteiger partial charge in [0.25, 0.3) is 0 Å². The predicted octanol–water partition coefficient (Wildman–Crippen LogP) is 0.949. The van der Waals surface area contributed by atoms with Gasteiger partial charge in [0.15, 0.2) is 0 Å². The lowest BCUT2D eigenvalue weighted by atomic mass is 10.1. The van der Waals surface area contributed by atoms with E-state index in [2.05, 4.69) is 5.32 Å². The Morgan fingerprint density at radius 2 is 2.05 bits per heavy atom. The highest BCUT2D eigenvalue weighted by Crippen LogP contribution is 2.28. The fraction of sp³-hybridized carbons (Fsp3) is 0.538. The van der Waals surface area contributed by atoms with Crippen LogP contribution in [-0.4, -0.2) is 45.1 Å². The van der Waals surface area contributed by atoms with Crippen LogP contribution in [0.15, 0.2) is 23.1 Å². The van der Waals surface area contributed by atoms with Crippen LogP contribution in [0.25, 0.3) is 0 Å². The number of nitrogen functional groups attached to an aromatic ring is 1. The van der Waals surface area contributed by atoms with Crippen LogP contribution in [0.2, 0.25) is 0 Å². The Morgan fingerprint density at radius 3 is 2.60 bits per heavy atom. The number of nitrogens with one attached hydrogen (secondary N) is 1. The summed E-state index contributed by atoms with van der Waals surface area (Å²) >= 11 is 0. The summed E-state index contributed by atoms with van der Waals surface area (Å²) in [6.45, 7) is 2.75. The molecule has 6 nitrogen and oxygen atoms in total. The standard InChI is InChI=1S/C13H23N3O3S/c1-10(7-8-17)9-15-11-5-4-6-12(13(11)14)20(18,19)16(2)3/h4-6,10,15,17H,7-9,14H2,1-3H3. The summed E-state index contributed by atoms with van der Waals surface area (Å²) in [4.78, 5) is 0.0994. The number of nitrogens with two attached hydrogens (primary N) is 1. The maximum absolute atomic E-state index is 12.1. The van der Waals surface area contributed by atoms with Gasteiger partial charge in [-0.3, -0.25) is 0 Å². The van der Waals surface area contributed by atoms with Crippen LogP contribution in [-0.2, 0) is 10.0 Å². The number of aliphatic hydroxyl groups is 1. The van der Waals surface area contributed by atoms with E-state index in [1.54, 1.807) is 12.1 Å². The van der Waals surface area contributed by atoms with E-state index in [4.69, 9.17) is 10.8 Å². The zero-order chi connectivity index (χ0) is 15.3. The van der Waals surface area contributed by atoms with Crippen LogP contribution in [0.1, 0.15) is 13.3 Å². The molecule has 0 saturated carbocycles. The van der Waals surface area contributed by atoms with Gasteiger partial charge in [-0.1, -0.05) is 13.0 Å². The summed E-state index contributed by atoms with van der Waals surface area (Å²) in [5.41, 5.74) is 6.76. The van der Waals surface area contributed by atoms with Gasteiger partial charge in [0, 0.05) is 27.2 Å². The molecule has 0 aromatic heterocycles. The van der Waals surface area contributed by atoms with Gasteiger partial charge >= 0.3 is 0 Å². The number of hydrogen-bond donors (Lipinski definition) is 3. The highest BCUT2D eigenvalue weighted by atomic mass is 32.2. The molecule has 1 rings (SSSR count). The monoisotopic (exact) mass is 301 g/mol. The first-order valence-electron chi connectivity index (χ1n) is 6.46. The van der Waals surface area contributed by atoms with E-state index in [0.29, 0.717) is 18.7 Å². The zero-order valence-electron chi connectivity index (χ0n) is 12.1. The molecule has 0 spiro atoms. The van der Waals surface area contributed by atoms with Gasteiger partial charge in [0.05, 0.1) is 11.4 Å². The first-order chi connectivity index (χ1) is 9.30. The summed E-state index contributed by atoms with van der Waals surface area (Å²) in [5.74, 6) is 0.272. The third-order valence-electron chi connectivity index (χ3n) is 3.09. The van der Waals surface area contributed by atoms with E-state index < -0.39 is 10.0 Å². The van der Waals surface area contributed by atoms with E-state index in [-0.39, 0.29) is 23.1 Å². The van der Waals surface area contributed by atoms with Crippen molar-refractivity contribution < 1.29 is 13.5 Å². The van der Waals surface area contributed by atoms with Crippen molar-refractivity contribution in [1.29, 1.82) is 0 Å². The summed E-state index contributed by atoms with van der Waals surface area (Å²) in [6, 6.07) is 4.90. The molecule has 0 fully saturated rings. The molecule has 7 heteroatoms. The number of aliphatic hydroxyl groups excluding tert-OH is 1. The van der Waals surface area contributed by atoms with Gasteiger partial charge in [-0.2, -0.15) is 0 Å². The smallest absolute Gasteiger partial charge is 0.244 e. The number of hydrogen-bond acceptors (Lipinski definition) is 5. The van der Waals surface area contributed by atoms with Crippen molar-refractivity contribution in [3.63, 3.8) is 0 Å². The minimum absolute atomic E-state index is 0.0994. The second-order valence-corrected chi connectivity index (χ2v) is 7.12. The average molecular weight is 301 g/mol. The minimum Gasteiger partial charge on any atom is -0.396 e. The highest BCUT2D eigenvalue weighted by Gasteiger charge is 2.21. The van der Waals surface area contributed by atoms with Crippen LogP contribution in [0, 0.1) is 5.92 Å². The van der Waals surface area contributed by atoms with Crippen molar-refractivity contribution in [3.8, 4) is 0 Å². The normalized spacial score (nSPS) is 13.4. The molecule has 4 N–H and O–H groups in total. The van der Waals surface area contributed by atoms with Crippen LogP contribution < -0.4 is 11.1 Å². The fourth-order valence-electron chi connectivity index (χ4n) is 1.73. The predicted molar refractivity (Wildman–Crippen MR) is 81.1 cm³/mol. The fourth-order valence-corrected chi connectivity index (χ4v) is 2.76. The zero-order valence-corrected chi connectivity index (χ0v) is 12.9. The Morgan fingerprint density at radius 1 is 1.40 bits per heavy atom. The third-order valence-corrected chi connectivity index (χ3v) is 4.96. The first-order valence-corrected chi connectivity index (χ1v) is 7.90. The van der Waals surface area contributed by atoms with Gasteiger partial charge in [0.2, 0.25) is 10.0 Å². The van der Waals surface area contributed by atoms with Crippen molar-refractivity contribution >= 4 is 21.4 Å². The number of nitrogens with zero attached hydrogens (tertiary/aromatic N) is 1. The lowest BCUT2D eigenvalue weighted by molar-refractivity contribution is 0.266. The molecular weight excluding hydrogens is 278 g/mol. The highest BCUT2D eigenvalue weighted by molar-refractivity contribution is 7.89. The Balaban J connectivity index is 2.97. The van der Waals surface area contributed by atoms with Crippen LogP contribution >= 0.6 is 0 Å². The molecule has 0 bridgehead atoms. The molecule has 1 aromatic carbocycles. The SMILES string of the molecule is CC(CCO)CNc1cccc(S(=O)(=O)N(C)C)c1N. The van der Waals surface area contributed by atoms with Crippen molar-refractivity contribution in [2.24, 2.45) is 5.92 Å². The second-order valence-electron chi connectivity index (χ2n) is 5.00. The van der Waals surface area contributed by atoms with Crippen molar-refractivity contribution in [2.75, 3.05) is 38.3 Å². The quantitative estimate of drug-likeness (QED) is 0.652. The van der Waals surface area contributed by atoms with E-state index in [0.717, 1.165) is 4.31 Å². The summed E-state index contributed by atoms with van der Waals surface area (Å²) in [5, 5.41) is 12.0. The molecular formula is C13H23N3O3S. The Kier molecular flexibility index (Phi) is 5.79. The molecule has 20 heavy (non-hydrogen) atoms. The number of para-hydroxylation sites is 1. The van der Waals surface area contributed by atoms with Gasteiger partial charge in [-0.15, -0.1) is 0 Å². The third kappa shape index (κ3) is 3.84. The molecule has 0 aliphatic heterocycles. The molecule has 114 valence electrons. The number of benzene rings is 1. The minimum atomic E-state index is -3.55. The van der Waals surface area contributed by atoms with Gasteiger partial charge in [0.1, 0.15) is 4.90 Å². The molecule has 0 heterocycles. The number of anilines is 2. The molecule has 0 radical (unpaired) electrons. The Hall–Kier alpha value is -1.31. The van der Waals surface area contributed by atoms with E-state index in [1.807, 2.05) is 6.92 Å². The number of rotatable bonds is 7. The summed E-state index contributed by atoms with van der Waals surface area (Å²) in [7, 11) is -0.610. The van der Waals surface area contributed by atoms with Crippen molar-refractivity contribution in [3.05, 3.63) is 18.2 Å². The maximum Gasteiger partial charge on any atom is 0.244 e. The molecule has 0 aliphatic rings. The van der Waals surface area contributed by atoms with Gasteiger partial charge in [-0.05, 0) is 24.5 Å². The van der Waals surface area contributed by atoms with E-state index >= 15 is 0 Å². The molecule has 1 aromatic rings. The average Bonchev–Trinajstić information content (AvgIpc) is 2.37. The molecule has 1 unspecified atom stereocenters. The molecule has 1 atom stereocenters. The van der Waals surface area contributed by atoms with Crippen LogP contribution in [0.5, 0.6) is 0 Å². The van der Waals surface area contributed by atoms with Crippen LogP contribution in [0.4, 0.5) is 11.4 Å². The largest absolute Gasteiger partial charge is 0.396 e. The maximum atomic E-state index is 12.1. The van der Waals surface area contributed by atoms with E-state index in [9.17, 15) is 8.42 Å². The second kappa shape index (κ2) is 6.92. The molecule has 0 saturated heterocycles. The van der Waals surface area contributed by atoms with Crippen LogP contribution in [0.3, 0.4) is 0 Å². The summed E-state index contributed by atoms with van der Waals surface area (Å²) in [6.07, 6.45) is 0.683. The lowest BCUT2D eigenvalue weighted by Gasteiger charge is -2.18. The van der Waals surface area contributed by atoms with Crippen molar-refractivity contribution in [1.82, 2.24) is 4.31 Å². The van der Waals surface area contributed by atoms with Gasteiger partial charge in [-0.25, -0.2) is 12.7 Å². The van der Waals surface area contributed by atoms with E-state index in [1.165, 1.54) is 20.2 Å². The summed E-state index contributed by atoms with van der Waals surface area (Å²) < 4.78 is 25.4. The molecule has 0 aliphatic carbocycles. The Bertz CT molecular complexity index is 544.